The predicted molar refractivity (Wildman–Crippen MR) is 74.4 cm³/mol. The molecular formula is C13H11Cl2N3O. The molecule has 1 aromatic heterocycles. The summed E-state index contributed by atoms with van der Waals surface area (Å²) in [5, 5.41) is 8.94. The smallest absolute Gasteiger partial charge is 0.252 e. The molecule has 0 aliphatic rings. The SMILES string of the molecule is N=c1c(C(N)=O)cc(Cl)cn1Cc1ccc(Cl)cc1. The lowest BCUT2D eigenvalue weighted by Gasteiger charge is -2.10. The second-order valence-electron chi connectivity index (χ2n) is 4.04. The van der Waals surface area contributed by atoms with Crippen molar-refractivity contribution < 1.29 is 4.79 Å². The minimum absolute atomic E-state index is 0.0341. The molecule has 0 atom stereocenters. The van der Waals surface area contributed by atoms with Crippen molar-refractivity contribution in [1.29, 1.82) is 5.41 Å². The fraction of sp³-hybridized carbons (Fsp3) is 0.0769. The van der Waals surface area contributed by atoms with Crippen LogP contribution in [-0.2, 0) is 6.54 Å². The van der Waals surface area contributed by atoms with Crippen LogP contribution in [0.5, 0.6) is 0 Å². The number of benzene rings is 1. The average Bonchev–Trinajstić information content (AvgIpc) is 2.35. The monoisotopic (exact) mass is 295 g/mol. The van der Waals surface area contributed by atoms with E-state index in [1.807, 2.05) is 12.1 Å². The van der Waals surface area contributed by atoms with Gasteiger partial charge in [-0.15, -0.1) is 0 Å². The Hall–Kier alpha value is -1.78. The van der Waals surface area contributed by atoms with Gasteiger partial charge in [-0.05, 0) is 23.8 Å². The molecule has 0 unspecified atom stereocenters. The highest BCUT2D eigenvalue weighted by Crippen LogP contribution is 2.12. The van der Waals surface area contributed by atoms with E-state index >= 15 is 0 Å². The average molecular weight is 296 g/mol. The van der Waals surface area contributed by atoms with Gasteiger partial charge in [0.05, 0.1) is 10.6 Å². The van der Waals surface area contributed by atoms with Gasteiger partial charge in [-0.1, -0.05) is 35.3 Å². The number of amides is 1. The molecule has 19 heavy (non-hydrogen) atoms. The molecule has 1 heterocycles. The molecule has 6 heteroatoms. The molecule has 98 valence electrons. The molecule has 2 aromatic rings. The van der Waals surface area contributed by atoms with Gasteiger partial charge in [0.25, 0.3) is 5.91 Å². The highest BCUT2D eigenvalue weighted by atomic mass is 35.5. The van der Waals surface area contributed by atoms with E-state index in [2.05, 4.69) is 0 Å². The molecule has 0 radical (unpaired) electrons. The van der Waals surface area contributed by atoms with Crippen LogP contribution in [0.1, 0.15) is 15.9 Å². The van der Waals surface area contributed by atoms with Gasteiger partial charge in [-0.2, -0.15) is 0 Å². The highest BCUT2D eigenvalue weighted by molar-refractivity contribution is 6.31. The molecule has 0 bridgehead atoms. The van der Waals surface area contributed by atoms with E-state index < -0.39 is 5.91 Å². The molecule has 1 aromatic carbocycles. The molecule has 0 aliphatic heterocycles. The van der Waals surface area contributed by atoms with Crippen LogP contribution in [-0.4, -0.2) is 10.5 Å². The lowest BCUT2D eigenvalue weighted by Crippen LogP contribution is -2.29. The maximum Gasteiger partial charge on any atom is 0.252 e. The van der Waals surface area contributed by atoms with E-state index in [4.69, 9.17) is 34.3 Å². The standard InChI is InChI=1S/C13H11Cl2N3O/c14-9-3-1-8(2-4-9)6-18-7-10(15)5-11(12(18)16)13(17)19/h1-5,7,16H,6H2,(H2,17,19). The number of aromatic nitrogens is 1. The van der Waals surface area contributed by atoms with E-state index in [0.29, 0.717) is 16.6 Å². The van der Waals surface area contributed by atoms with Crippen LogP contribution in [0.4, 0.5) is 0 Å². The maximum atomic E-state index is 11.2. The van der Waals surface area contributed by atoms with Crippen molar-refractivity contribution in [2.24, 2.45) is 5.73 Å². The van der Waals surface area contributed by atoms with Crippen molar-refractivity contribution in [3.63, 3.8) is 0 Å². The van der Waals surface area contributed by atoms with Gasteiger partial charge in [0.2, 0.25) is 0 Å². The van der Waals surface area contributed by atoms with Gasteiger partial charge in [-0.3, -0.25) is 10.2 Å². The van der Waals surface area contributed by atoms with Crippen LogP contribution in [0.2, 0.25) is 10.0 Å². The Kier molecular flexibility index (Phi) is 3.93. The summed E-state index contributed by atoms with van der Waals surface area (Å²) in [5.74, 6) is -0.669. The summed E-state index contributed by atoms with van der Waals surface area (Å²) in [6.07, 6.45) is 1.59. The van der Waals surface area contributed by atoms with E-state index in [1.165, 1.54) is 6.07 Å². The number of nitrogens with two attached hydrogens (primary N) is 1. The van der Waals surface area contributed by atoms with Gasteiger partial charge in [-0.25, -0.2) is 0 Å². The molecule has 0 aliphatic carbocycles. The van der Waals surface area contributed by atoms with Gasteiger partial charge < -0.3 is 10.3 Å². The topological polar surface area (TPSA) is 71.9 Å². The number of pyridine rings is 1. The Morgan fingerprint density at radius 1 is 1.21 bits per heavy atom. The third-order valence-electron chi connectivity index (χ3n) is 2.64. The summed E-state index contributed by atoms with van der Waals surface area (Å²) in [4.78, 5) is 11.2. The summed E-state index contributed by atoms with van der Waals surface area (Å²) in [7, 11) is 0. The normalized spacial score (nSPS) is 10.4. The summed E-state index contributed by atoms with van der Waals surface area (Å²) < 4.78 is 1.56. The van der Waals surface area contributed by atoms with Crippen LogP contribution >= 0.6 is 23.2 Å². The second kappa shape index (κ2) is 5.47. The molecule has 0 fully saturated rings. The summed E-state index contributed by atoms with van der Waals surface area (Å²) in [6.45, 7) is 0.414. The summed E-state index contributed by atoms with van der Waals surface area (Å²) in [6, 6.07) is 8.62. The Balaban J connectivity index is 2.43. The Morgan fingerprint density at radius 3 is 2.42 bits per heavy atom. The van der Waals surface area contributed by atoms with E-state index in [9.17, 15) is 4.79 Å². The van der Waals surface area contributed by atoms with Gasteiger partial charge in [0, 0.05) is 17.8 Å². The van der Waals surface area contributed by atoms with Crippen LogP contribution in [0, 0.1) is 5.41 Å². The molecule has 3 N–H and O–H groups in total. The molecule has 0 saturated carbocycles. The lowest BCUT2D eigenvalue weighted by molar-refractivity contribution is 0.0998. The first-order valence-corrected chi connectivity index (χ1v) is 6.22. The minimum Gasteiger partial charge on any atom is -0.365 e. The zero-order chi connectivity index (χ0) is 14.0. The number of hydrogen-bond acceptors (Lipinski definition) is 2. The van der Waals surface area contributed by atoms with Crippen molar-refractivity contribution in [3.8, 4) is 0 Å². The summed E-state index contributed by atoms with van der Waals surface area (Å²) in [5.41, 5.74) is 6.29. The maximum absolute atomic E-state index is 11.2. The Morgan fingerprint density at radius 2 is 1.84 bits per heavy atom. The largest absolute Gasteiger partial charge is 0.365 e. The zero-order valence-corrected chi connectivity index (χ0v) is 11.4. The molecule has 0 saturated heterocycles. The number of nitrogens with zero attached hydrogens (tertiary/aromatic N) is 1. The van der Waals surface area contributed by atoms with Crippen molar-refractivity contribution in [3.05, 3.63) is 63.2 Å². The Bertz CT molecular complexity index is 677. The first-order valence-electron chi connectivity index (χ1n) is 5.46. The number of primary amides is 1. The van der Waals surface area contributed by atoms with E-state index in [1.54, 1.807) is 22.9 Å². The van der Waals surface area contributed by atoms with Gasteiger partial charge in [0.1, 0.15) is 5.49 Å². The zero-order valence-electron chi connectivity index (χ0n) is 9.86. The first kappa shape index (κ1) is 13.6. The van der Waals surface area contributed by atoms with Crippen LogP contribution < -0.4 is 11.2 Å². The highest BCUT2D eigenvalue weighted by Gasteiger charge is 2.08. The third-order valence-corrected chi connectivity index (χ3v) is 3.09. The fourth-order valence-corrected chi connectivity index (χ4v) is 2.06. The van der Waals surface area contributed by atoms with Crippen molar-refractivity contribution in [2.75, 3.05) is 0 Å². The van der Waals surface area contributed by atoms with Crippen molar-refractivity contribution in [1.82, 2.24) is 4.57 Å². The Labute approximate surface area is 119 Å². The van der Waals surface area contributed by atoms with E-state index in [-0.39, 0.29) is 11.1 Å². The van der Waals surface area contributed by atoms with Crippen molar-refractivity contribution >= 4 is 29.1 Å². The second-order valence-corrected chi connectivity index (χ2v) is 4.91. The van der Waals surface area contributed by atoms with Crippen molar-refractivity contribution in [2.45, 2.75) is 6.54 Å². The number of carbonyl (C=O) groups is 1. The molecule has 1 amide bonds. The molecule has 0 spiro atoms. The first-order chi connectivity index (χ1) is 8.97. The van der Waals surface area contributed by atoms with E-state index in [0.717, 1.165) is 5.56 Å². The number of halogens is 2. The van der Waals surface area contributed by atoms with Crippen LogP contribution in [0.25, 0.3) is 0 Å². The van der Waals surface area contributed by atoms with Gasteiger partial charge in [0.15, 0.2) is 0 Å². The lowest BCUT2D eigenvalue weighted by atomic mass is 10.2. The van der Waals surface area contributed by atoms with Crippen LogP contribution in [0.3, 0.4) is 0 Å². The minimum atomic E-state index is -0.669. The predicted octanol–water partition coefficient (Wildman–Crippen LogP) is 2.42. The quantitative estimate of drug-likeness (QED) is 0.897. The number of carbonyl (C=O) groups excluding carboxylic acids is 1. The molecule has 4 nitrogen and oxygen atoms in total. The number of nitrogens with one attached hydrogen (secondary N) is 1. The summed E-state index contributed by atoms with van der Waals surface area (Å²) >= 11 is 11.7. The molecule has 2 rings (SSSR count). The number of rotatable bonds is 3. The fourth-order valence-electron chi connectivity index (χ4n) is 1.71. The third kappa shape index (κ3) is 3.16. The van der Waals surface area contributed by atoms with Crippen LogP contribution in [0.15, 0.2) is 36.5 Å². The van der Waals surface area contributed by atoms with Gasteiger partial charge >= 0.3 is 0 Å². The molecular weight excluding hydrogens is 285 g/mol. The number of hydrogen-bond donors (Lipinski definition) is 2.